The van der Waals surface area contributed by atoms with Crippen molar-refractivity contribution in [1.29, 1.82) is 0 Å². The normalized spacial score (nSPS) is 36.0. The summed E-state index contributed by atoms with van der Waals surface area (Å²) in [6, 6.07) is 3.52. The van der Waals surface area contributed by atoms with Gasteiger partial charge in [0.25, 0.3) is 0 Å². The molecular weight excluding hydrogens is 440 g/mol. The fraction of sp³-hybridized carbons (Fsp3) is 0.621. The van der Waals surface area contributed by atoms with Gasteiger partial charge in [0.2, 0.25) is 5.91 Å². The fourth-order valence-electron chi connectivity index (χ4n) is 8.21. The molecule has 2 unspecified atom stereocenters. The molecule has 188 valence electrons. The van der Waals surface area contributed by atoms with Gasteiger partial charge in [-0.05, 0) is 68.7 Å². The number of phenols is 1. The van der Waals surface area contributed by atoms with Crippen LogP contribution >= 0.6 is 0 Å². The molecular formula is C29H38N2O4. The first kappa shape index (κ1) is 23.1. The van der Waals surface area contributed by atoms with Gasteiger partial charge in [-0.15, -0.1) is 6.58 Å². The van der Waals surface area contributed by atoms with E-state index in [0.29, 0.717) is 24.5 Å². The summed E-state index contributed by atoms with van der Waals surface area (Å²) >= 11 is 0. The van der Waals surface area contributed by atoms with Crippen molar-refractivity contribution >= 4 is 5.91 Å². The van der Waals surface area contributed by atoms with Crippen molar-refractivity contribution < 1.29 is 19.7 Å². The number of piperidine rings is 1. The summed E-state index contributed by atoms with van der Waals surface area (Å²) in [5, 5.41) is 23.2. The summed E-state index contributed by atoms with van der Waals surface area (Å²) in [7, 11) is 1.87. The Hall–Kier alpha value is -2.31. The average molecular weight is 479 g/mol. The number of carbonyl (C=O) groups is 1. The number of phenolic OH excluding ortho intramolecular Hbond substituents is 1. The van der Waals surface area contributed by atoms with E-state index in [4.69, 9.17) is 4.74 Å². The molecule has 35 heavy (non-hydrogen) atoms. The first-order chi connectivity index (χ1) is 16.9. The molecule has 2 bridgehead atoms. The van der Waals surface area contributed by atoms with Crippen LogP contribution in [0.4, 0.5) is 0 Å². The Kier molecular flexibility index (Phi) is 5.53. The molecule has 1 saturated heterocycles. The number of allylic oxidation sites excluding steroid dienone is 1. The summed E-state index contributed by atoms with van der Waals surface area (Å²) < 4.78 is 6.58. The third kappa shape index (κ3) is 3.18. The SMILES string of the molecule is C=CCN1CC[C@]23c4c5ccc(O)c4OC2C(N(C)C(=O)/C=C/C2CCCCC2)CC[C@@]3(O)[C@H]1C5. The monoisotopic (exact) mass is 478 g/mol. The lowest BCUT2D eigenvalue weighted by Gasteiger charge is -2.64. The largest absolute Gasteiger partial charge is 0.504 e. The van der Waals surface area contributed by atoms with E-state index < -0.39 is 11.0 Å². The number of ether oxygens (including phenoxy) is 1. The van der Waals surface area contributed by atoms with Gasteiger partial charge in [-0.25, -0.2) is 0 Å². The van der Waals surface area contributed by atoms with Gasteiger partial charge in [-0.2, -0.15) is 0 Å². The number of carbonyl (C=O) groups excluding carboxylic acids is 1. The van der Waals surface area contributed by atoms with Crippen LogP contribution in [-0.4, -0.2) is 69.8 Å². The topological polar surface area (TPSA) is 73.2 Å². The minimum absolute atomic E-state index is 0.00266. The summed E-state index contributed by atoms with van der Waals surface area (Å²) in [6.07, 6.45) is 14.3. The standard InChI is InChI=1S/C29H38N2O4/c1-3-16-31-17-15-28-25-20-10-11-22(32)26(25)35-27(28)21(13-14-29(28,34)23(31)18-20)30(2)24(33)12-9-19-7-5-4-6-8-19/h3,9-12,19,21,23,27,32,34H,1,4-8,13-18H2,2H3/b12-9+/t21?,23-,27?,28+,29-/m1/s1. The van der Waals surface area contributed by atoms with Gasteiger partial charge < -0.3 is 19.8 Å². The number of nitrogens with zero attached hydrogens (tertiary/aromatic N) is 2. The molecule has 3 aliphatic carbocycles. The van der Waals surface area contributed by atoms with Crippen LogP contribution in [-0.2, 0) is 16.6 Å². The van der Waals surface area contributed by atoms with Gasteiger partial charge in [-0.3, -0.25) is 9.69 Å². The summed E-state index contributed by atoms with van der Waals surface area (Å²) in [5.41, 5.74) is 0.545. The summed E-state index contributed by atoms with van der Waals surface area (Å²) in [5.74, 6) is 1.15. The van der Waals surface area contributed by atoms with Crippen LogP contribution < -0.4 is 4.74 Å². The predicted octanol–water partition coefficient (Wildman–Crippen LogP) is 3.70. The minimum atomic E-state index is -0.969. The van der Waals surface area contributed by atoms with Crippen LogP contribution in [0.3, 0.4) is 0 Å². The minimum Gasteiger partial charge on any atom is -0.504 e. The molecule has 5 atom stereocenters. The molecule has 6 nitrogen and oxygen atoms in total. The maximum atomic E-state index is 13.3. The molecule has 1 amide bonds. The van der Waals surface area contributed by atoms with E-state index in [1.54, 1.807) is 12.1 Å². The number of hydrogen-bond acceptors (Lipinski definition) is 5. The number of rotatable bonds is 5. The molecule has 5 aliphatic rings. The molecule has 2 heterocycles. The number of likely N-dealkylation sites (tertiary alicyclic amines) is 1. The molecule has 0 aromatic heterocycles. The van der Waals surface area contributed by atoms with Crippen LogP contribution in [0.1, 0.15) is 62.5 Å². The number of likely N-dealkylation sites (N-methyl/N-ethyl adjacent to an activating group) is 1. The van der Waals surface area contributed by atoms with Crippen molar-refractivity contribution in [3.05, 3.63) is 48.1 Å². The Labute approximate surface area is 208 Å². The second-order valence-electron chi connectivity index (χ2n) is 11.4. The van der Waals surface area contributed by atoms with Crippen molar-refractivity contribution in [2.75, 3.05) is 20.1 Å². The number of hydrogen-bond donors (Lipinski definition) is 2. The Balaban J connectivity index is 1.36. The molecule has 2 aliphatic heterocycles. The van der Waals surface area contributed by atoms with Crippen LogP contribution in [0, 0.1) is 5.92 Å². The molecule has 6 heteroatoms. The van der Waals surface area contributed by atoms with Crippen molar-refractivity contribution in [1.82, 2.24) is 9.80 Å². The van der Waals surface area contributed by atoms with Crippen molar-refractivity contribution in [2.24, 2.45) is 5.92 Å². The number of benzene rings is 1. The molecule has 1 spiro atoms. The van der Waals surface area contributed by atoms with E-state index in [-0.39, 0.29) is 29.8 Å². The first-order valence-electron chi connectivity index (χ1n) is 13.4. The highest BCUT2D eigenvalue weighted by Crippen LogP contribution is 2.65. The second kappa shape index (κ2) is 8.38. The number of amides is 1. The van der Waals surface area contributed by atoms with E-state index in [9.17, 15) is 15.0 Å². The van der Waals surface area contributed by atoms with E-state index in [1.807, 2.05) is 24.1 Å². The lowest BCUT2D eigenvalue weighted by molar-refractivity contribution is -0.198. The Morgan fingerprint density at radius 3 is 2.83 bits per heavy atom. The Morgan fingerprint density at radius 2 is 2.06 bits per heavy atom. The van der Waals surface area contributed by atoms with Gasteiger partial charge >= 0.3 is 0 Å². The molecule has 6 rings (SSSR count). The highest BCUT2D eigenvalue weighted by Gasteiger charge is 2.73. The Bertz CT molecular complexity index is 1060. The molecule has 3 fully saturated rings. The zero-order valence-electron chi connectivity index (χ0n) is 20.8. The second-order valence-corrected chi connectivity index (χ2v) is 11.4. The third-order valence-electron chi connectivity index (χ3n) is 9.91. The predicted molar refractivity (Wildman–Crippen MR) is 135 cm³/mol. The maximum absolute atomic E-state index is 13.3. The molecule has 0 radical (unpaired) electrons. The highest BCUT2D eigenvalue weighted by atomic mass is 16.5. The molecule has 2 N–H and O–H groups in total. The third-order valence-corrected chi connectivity index (χ3v) is 9.91. The number of aliphatic hydroxyl groups is 1. The van der Waals surface area contributed by atoms with E-state index in [0.717, 1.165) is 37.1 Å². The van der Waals surface area contributed by atoms with Crippen molar-refractivity contribution in [2.45, 2.75) is 87.0 Å². The quantitative estimate of drug-likeness (QED) is 0.499. The van der Waals surface area contributed by atoms with Crippen LogP contribution in [0.2, 0.25) is 0 Å². The lowest BCUT2D eigenvalue weighted by atomic mass is 9.48. The van der Waals surface area contributed by atoms with E-state index >= 15 is 0 Å². The summed E-state index contributed by atoms with van der Waals surface area (Å²) in [6.45, 7) is 5.51. The Morgan fingerprint density at radius 1 is 1.26 bits per heavy atom. The van der Waals surface area contributed by atoms with Crippen molar-refractivity contribution in [3.8, 4) is 11.5 Å². The van der Waals surface area contributed by atoms with Gasteiger partial charge in [0.15, 0.2) is 11.5 Å². The van der Waals surface area contributed by atoms with E-state index in [1.165, 1.54) is 32.1 Å². The zero-order chi connectivity index (χ0) is 24.4. The van der Waals surface area contributed by atoms with Gasteiger partial charge in [0, 0.05) is 25.2 Å². The lowest BCUT2D eigenvalue weighted by Crippen LogP contribution is -2.78. The van der Waals surface area contributed by atoms with Gasteiger partial charge in [0.1, 0.15) is 6.10 Å². The fourth-order valence-corrected chi connectivity index (χ4v) is 8.21. The first-order valence-corrected chi connectivity index (χ1v) is 13.4. The average Bonchev–Trinajstić information content (AvgIpc) is 3.22. The molecule has 1 aromatic rings. The summed E-state index contributed by atoms with van der Waals surface area (Å²) in [4.78, 5) is 17.5. The highest BCUT2D eigenvalue weighted by molar-refractivity contribution is 5.87. The zero-order valence-corrected chi connectivity index (χ0v) is 20.8. The van der Waals surface area contributed by atoms with Crippen LogP contribution in [0.25, 0.3) is 0 Å². The number of aromatic hydroxyl groups is 1. The van der Waals surface area contributed by atoms with E-state index in [2.05, 4.69) is 17.6 Å². The molecule has 1 aromatic carbocycles. The van der Waals surface area contributed by atoms with Crippen LogP contribution in [0.5, 0.6) is 11.5 Å². The van der Waals surface area contributed by atoms with Crippen LogP contribution in [0.15, 0.2) is 36.9 Å². The van der Waals surface area contributed by atoms with Crippen molar-refractivity contribution in [3.63, 3.8) is 0 Å². The molecule has 2 saturated carbocycles. The van der Waals surface area contributed by atoms with Gasteiger partial charge in [0.05, 0.1) is 17.1 Å². The van der Waals surface area contributed by atoms with Gasteiger partial charge in [-0.1, -0.05) is 37.5 Å². The maximum Gasteiger partial charge on any atom is 0.246 e. The smallest absolute Gasteiger partial charge is 0.246 e.